The Kier molecular flexibility index (Phi) is 7.13. The van der Waals surface area contributed by atoms with E-state index >= 15 is 0 Å². The van der Waals surface area contributed by atoms with Gasteiger partial charge in [0.2, 0.25) is 10.0 Å². The molecule has 0 saturated carbocycles. The molecule has 0 fully saturated rings. The maximum absolute atomic E-state index is 12.8. The van der Waals surface area contributed by atoms with E-state index in [1.165, 1.54) is 26.4 Å². The van der Waals surface area contributed by atoms with Gasteiger partial charge in [0.1, 0.15) is 16.4 Å². The molecule has 1 amide bonds. The second-order valence-corrected chi connectivity index (χ2v) is 8.00. The molecule has 0 aliphatic heterocycles. The van der Waals surface area contributed by atoms with Crippen molar-refractivity contribution in [1.29, 1.82) is 0 Å². The summed E-state index contributed by atoms with van der Waals surface area (Å²) in [7, 11) is 0.384. The van der Waals surface area contributed by atoms with Crippen LogP contribution < -0.4 is 14.9 Å². The van der Waals surface area contributed by atoms with Crippen LogP contribution in [0, 0.1) is 6.92 Å². The summed E-state index contributed by atoms with van der Waals surface area (Å²) in [6.45, 7) is 1.39. The van der Waals surface area contributed by atoms with E-state index < -0.39 is 15.9 Å². The molecule has 0 aliphatic carbocycles. The minimum absolute atomic E-state index is 0.00651. The lowest BCUT2D eigenvalue weighted by atomic mass is 10.2. The molecule has 9 heteroatoms. The molecule has 2 aromatic rings. The summed E-state index contributed by atoms with van der Waals surface area (Å²) in [5.74, 6) is 0.359. The first-order valence-corrected chi connectivity index (χ1v) is 9.79. The number of aryl methyl sites for hydroxylation is 1. The van der Waals surface area contributed by atoms with Gasteiger partial charge in [0.15, 0.2) is 0 Å². The van der Waals surface area contributed by atoms with Gasteiger partial charge in [-0.3, -0.25) is 4.79 Å². The Bertz CT molecular complexity index is 956. The number of hydrogen-bond donors (Lipinski definition) is 1. The number of hydrogen-bond acceptors (Lipinski definition) is 6. The molecular formula is C19H23N3O5S. The molecule has 0 spiro atoms. The van der Waals surface area contributed by atoms with Crippen molar-refractivity contribution in [3.8, 4) is 11.5 Å². The van der Waals surface area contributed by atoms with Crippen molar-refractivity contribution in [3.63, 3.8) is 0 Å². The molecule has 0 radical (unpaired) electrons. The summed E-state index contributed by atoms with van der Waals surface area (Å²) in [4.78, 5) is 12.1. The zero-order chi connectivity index (χ0) is 20.7. The average Bonchev–Trinajstić information content (AvgIpc) is 2.68. The Morgan fingerprint density at radius 3 is 2.43 bits per heavy atom. The van der Waals surface area contributed by atoms with E-state index in [9.17, 15) is 13.2 Å². The van der Waals surface area contributed by atoms with Crippen LogP contribution in [-0.4, -0.2) is 52.7 Å². The molecule has 0 bridgehead atoms. The van der Waals surface area contributed by atoms with Gasteiger partial charge in [-0.15, -0.1) is 0 Å². The number of likely N-dealkylation sites (N-methyl/N-ethyl adjacent to an activating group) is 1. The highest BCUT2D eigenvalue weighted by molar-refractivity contribution is 7.89. The summed E-state index contributed by atoms with van der Waals surface area (Å²) in [5, 5.41) is 3.84. The van der Waals surface area contributed by atoms with E-state index in [0.717, 1.165) is 15.4 Å². The van der Waals surface area contributed by atoms with Crippen LogP contribution >= 0.6 is 0 Å². The van der Waals surface area contributed by atoms with Gasteiger partial charge in [-0.2, -0.15) is 9.41 Å². The second-order valence-electron chi connectivity index (χ2n) is 5.98. The van der Waals surface area contributed by atoms with Crippen molar-refractivity contribution in [3.05, 3.63) is 53.6 Å². The van der Waals surface area contributed by atoms with Gasteiger partial charge in [0, 0.05) is 7.05 Å². The lowest BCUT2D eigenvalue weighted by Crippen LogP contribution is -2.36. The molecule has 150 valence electrons. The third-order valence-electron chi connectivity index (χ3n) is 3.89. The van der Waals surface area contributed by atoms with Crippen molar-refractivity contribution in [2.75, 3.05) is 27.8 Å². The van der Waals surface area contributed by atoms with E-state index in [1.54, 1.807) is 50.4 Å². The summed E-state index contributed by atoms with van der Waals surface area (Å²) >= 11 is 0. The fourth-order valence-corrected chi connectivity index (χ4v) is 3.71. The first-order chi connectivity index (χ1) is 13.3. The normalized spacial score (nSPS) is 11.6. The highest BCUT2D eigenvalue weighted by Gasteiger charge is 2.26. The number of carbonyl (C=O) groups excluding carboxylic acids is 1. The minimum atomic E-state index is -3.90. The molecule has 8 nitrogen and oxygen atoms in total. The first kappa shape index (κ1) is 21.4. The molecule has 2 rings (SSSR count). The third kappa shape index (κ3) is 5.30. The Labute approximate surface area is 164 Å². The summed E-state index contributed by atoms with van der Waals surface area (Å²) in [6.07, 6.45) is 1.45. The number of hydrazone groups is 1. The number of benzene rings is 2. The topological polar surface area (TPSA) is 97.3 Å². The predicted octanol–water partition coefficient (Wildman–Crippen LogP) is 1.78. The van der Waals surface area contributed by atoms with Gasteiger partial charge >= 0.3 is 0 Å². The van der Waals surface area contributed by atoms with Crippen molar-refractivity contribution in [1.82, 2.24) is 9.73 Å². The smallest absolute Gasteiger partial charge is 0.255 e. The third-order valence-corrected chi connectivity index (χ3v) is 5.72. The van der Waals surface area contributed by atoms with Gasteiger partial charge in [0.25, 0.3) is 5.91 Å². The van der Waals surface area contributed by atoms with Crippen LogP contribution in [0.5, 0.6) is 11.5 Å². The van der Waals surface area contributed by atoms with E-state index in [4.69, 9.17) is 9.47 Å². The zero-order valence-electron chi connectivity index (χ0n) is 16.2. The molecule has 2 aromatic carbocycles. The number of carbonyl (C=O) groups is 1. The molecule has 0 atom stereocenters. The van der Waals surface area contributed by atoms with Gasteiger partial charge in [-0.05, 0) is 54.4 Å². The zero-order valence-corrected chi connectivity index (χ0v) is 17.0. The number of ether oxygens (including phenoxy) is 2. The van der Waals surface area contributed by atoms with Crippen molar-refractivity contribution in [2.24, 2.45) is 5.10 Å². The maximum atomic E-state index is 12.8. The molecule has 0 saturated heterocycles. The molecule has 0 unspecified atom stereocenters. The summed E-state index contributed by atoms with van der Waals surface area (Å²) < 4.78 is 36.7. The van der Waals surface area contributed by atoms with Crippen LogP contribution in [0.2, 0.25) is 0 Å². The Morgan fingerprint density at radius 1 is 1.14 bits per heavy atom. The summed E-state index contributed by atoms with van der Waals surface area (Å²) in [5.41, 5.74) is 3.84. The molecule has 28 heavy (non-hydrogen) atoms. The number of rotatable bonds is 8. The van der Waals surface area contributed by atoms with E-state index in [0.29, 0.717) is 5.75 Å². The maximum Gasteiger partial charge on any atom is 0.255 e. The van der Waals surface area contributed by atoms with E-state index in [-0.39, 0.29) is 17.2 Å². The van der Waals surface area contributed by atoms with Crippen molar-refractivity contribution >= 4 is 22.1 Å². The largest absolute Gasteiger partial charge is 0.497 e. The summed E-state index contributed by atoms with van der Waals surface area (Å²) in [6, 6.07) is 11.9. The highest BCUT2D eigenvalue weighted by atomic mass is 32.2. The number of methoxy groups -OCH3 is 2. The Balaban J connectivity index is 2.02. The van der Waals surface area contributed by atoms with Crippen LogP contribution in [0.4, 0.5) is 0 Å². The number of nitrogens with zero attached hydrogens (tertiary/aromatic N) is 2. The quantitative estimate of drug-likeness (QED) is 0.533. The molecule has 1 N–H and O–H groups in total. The average molecular weight is 405 g/mol. The number of amides is 1. The monoisotopic (exact) mass is 405 g/mol. The SMILES string of the molecule is COc1ccc(/C=N\NC(=O)CN(C)S(=O)(=O)c2cc(C)ccc2OC)cc1. The van der Waals surface area contributed by atoms with Gasteiger partial charge in [0.05, 0.1) is 27.0 Å². The minimum Gasteiger partial charge on any atom is -0.497 e. The van der Waals surface area contributed by atoms with Gasteiger partial charge < -0.3 is 9.47 Å². The molecular weight excluding hydrogens is 382 g/mol. The fraction of sp³-hybridized carbons (Fsp3) is 0.263. The van der Waals surface area contributed by atoms with Crippen molar-refractivity contribution < 1.29 is 22.7 Å². The van der Waals surface area contributed by atoms with Crippen LogP contribution in [0.25, 0.3) is 0 Å². The lowest BCUT2D eigenvalue weighted by Gasteiger charge is -2.18. The Morgan fingerprint density at radius 2 is 1.82 bits per heavy atom. The van der Waals surface area contributed by atoms with Gasteiger partial charge in [-0.25, -0.2) is 13.8 Å². The molecule has 0 aromatic heterocycles. The van der Waals surface area contributed by atoms with Crippen LogP contribution in [0.3, 0.4) is 0 Å². The number of nitrogens with one attached hydrogen (secondary N) is 1. The van der Waals surface area contributed by atoms with Crippen LogP contribution in [0.1, 0.15) is 11.1 Å². The highest BCUT2D eigenvalue weighted by Crippen LogP contribution is 2.27. The Hall–Kier alpha value is -2.91. The lowest BCUT2D eigenvalue weighted by molar-refractivity contribution is -0.121. The molecule has 0 aliphatic rings. The standard InChI is InChI=1S/C19H23N3O5S/c1-14-5-10-17(27-4)18(11-14)28(24,25)22(2)13-19(23)21-20-12-15-6-8-16(26-3)9-7-15/h5-12H,13H2,1-4H3,(H,21,23)/b20-12-. The van der Waals surface area contributed by atoms with E-state index in [1.807, 2.05) is 0 Å². The predicted molar refractivity (Wildman–Crippen MR) is 106 cm³/mol. The number of sulfonamides is 1. The van der Waals surface area contributed by atoms with E-state index in [2.05, 4.69) is 10.5 Å². The van der Waals surface area contributed by atoms with Crippen molar-refractivity contribution in [2.45, 2.75) is 11.8 Å². The fourth-order valence-electron chi connectivity index (χ4n) is 2.34. The van der Waals surface area contributed by atoms with Crippen LogP contribution in [0.15, 0.2) is 52.5 Å². The first-order valence-electron chi connectivity index (χ1n) is 8.35. The van der Waals surface area contributed by atoms with Crippen LogP contribution in [-0.2, 0) is 14.8 Å². The second kappa shape index (κ2) is 9.34. The van der Waals surface area contributed by atoms with Gasteiger partial charge in [-0.1, -0.05) is 6.07 Å². The molecule has 0 heterocycles.